The van der Waals surface area contributed by atoms with Gasteiger partial charge in [-0.05, 0) is 19.8 Å². The Morgan fingerprint density at radius 2 is 2.05 bits per heavy atom. The Kier molecular flexibility index (Phi) is 4.52. The van der Waals surface area contributed by atoms with Crippen molar-refractivity contribution in [2.24, 2.45) is 0 Å². The van der Waals surface area contributed by atoms with Crippen LogP contribution in [0.2, 0.25) is 0 Å². The molecule has 0 radical (unpaired) electrons. The summed E-state index contributed by atoms with van der Waals surface area (Å²) in [7, 11) is 2.94. The molecule has 0 aromatic heterocycles. The third kappa shape index (κ3) is 3.36. The van der Waals surface area contributed by atoms with Gasteiger partial charge in [-0.3, -0.25) is 10.1 Å². The van der Waals surface area contributed by atoms with Crippen molar-refractivity contribution in [1.29, 1.82) is 0 Å². The SMILES string of the molecule is COc1cc(NCC2(C)CCCO2)c([N+](=O)[O-])cc1OC. The molecule has 1 saturated heterocycles. The molecule has 1 atom stereocenters. The molecular formula is C14H20N2O5. The van der Waals surface area contributed by atoms with Gasteiger partial charge >= 0.3 is 0 Å². The van der Waals surface area contributed by atoms with E-state index >= 15 is 0 Å². The van der Waals surface area contributed by atoms with E-state index in [9.17, 15) is 10.1 Å². The Bertz CT molecular complexity index is 526. The molecule has 1 aliphatic heterocycles. The molecule has 1 unspecified atom stereocenters. The van der Waals surface area contributed by atoms with E-state index in [-0.39, 0.29) is 11.3 Å². The average Bonchev–Trinajstić information content (AvgIpc) is 2.91. The highest BCUT2D eigenvalue weighted by atomic mass is 16.6. The fraction of sp³-hybridized carbons (Fsp3) is 0.571. The molecule has 1 N–H and O–H groups in total. The van der Waals surface area contributed by atoms with Crippen LogP contribution in [0.3, 0.4) is 0 Å². The summed E-state index contributed by atoms with van der Waals surface area (Å²) in [5.41, 5.74) is 0.0599. The number of nitro benzene ring substituents is 1. The Labute approximate surface area is 123 Å². The van der Waals surface area contributed by atoms with E-state index in [4.69, 9.17) is 14.2 Å². The zero-order valence-corrected chi connectivity index (χ0v) is 12.5. The molecule has 116 valence electrons. The van der Waals surface area contributed by atoms with Gasteiger partial charge in [0.25, 0.3) is 5.69 Å². The van der Waals surface area contributed by atoms with Crippen LogP contribution in [0, 0.1) is 10.1 Å². The number of nitrogens with one attached hydrogen (secondary N) is 1. The number of anilines is 1. The summed E-state index contributed by atoms with van der Waals surface area (Å²) < 4.78 is 16.0. The zero-order chi connectivity index (χ0) is 15.5. The van der Waals surface area contributed by atoms with Crippen LogP contribution in [0.25, 0.3) is 0 Å². The summed E-state index contributed by atoms with van der Waals surface area (Å²) in [6.07, 6.45) is 1.94. The molecule has 2 rings (SSSR count). The van der Waals surface area contributed by atoms with Gasteiger partial charge in [-0.25, -0.2) is 0 Å². The number of hydrogen-bond donors (Lipinski definition) is 1. The van der Waals surface area contributed by atoms with E-state index in [1.165, 1.54) is 20.3 Å². The van der Waals surface area contributed by atoms with E-state index in [0.717, 1.165) is 19.4 Å². The van der Waals surface area contributed by atoms with E-state index in [1.807, 2.05) is 6.92 Å². The summed E-state index contributed by atoms with van der Waals surface area (Å²) >= 11 is 0. The molecule has 1 aliphatic rings. The third-order valence-corrected chi connectivity index (χ3v) is 3.65. The molecule has 0 amide bonds. The second-order valence-electron chi connectivity index (χ2n) is 5.24. The summed E-state index contributed by atoms with van der Waals surface area (Å²) in [5.74, 6) is 0.779. The van der Waals surface area contributed by atoms with Gasteiger partial charge < -0.3 is 19.5 Å². The van der Waals surface area contributed by atoms with E-state index in [2.05, 4.69) is 5.32 Å². The minimum atomic E-state index is -0.442. The highest BCUT2D eigenvalue weighted by Crippen LogP contribution is 2.38. The monoisotopic (exact) mass is 296 g/mol. The smallest absolute Gasteiger partial charge is 0.296 e. The van der Waals surface area contributed by atoms with Gasteiger partial charge in [0.1, 0.15) is 5.69 Å². The molecule has 21 heavy (non-hydrogen) atoms. The topological polar surface area (TPSA) is 82.9 Å². The van der Waals surface area contributed by atoms with Crippen molar-refractivity contribution in [3.8, 4) is 11.5 Å². The number of hydrogen-bond acceptors (Lipinski definition) is 6. The Morgan fingerprint density at radius 3 is 2.57 bits per heavy atom. The molecule has 1 aromatic carbocycles. The molecule has 7 heteroatoms. The minimum Gasteiger partial charge on any atom is -0.493 e. The minimum absolute atomic E-state index is 0.0470. The first kappa shape index (κ1) is 15.4. The first-order chi connectivity index (χ1) is 9.99. The standard InChI is InChI=1S/C14H20N2O5/c1-14(5-4-6-21-14)9-15-10-7-12(19-2)13(20-3)8-11(10)16(17)18/h7-8,15H,4-6,9H2,1-3H3. The second-order valence-corrected chi connectivity index (χ2v) is 5.24. The predicted octanol–water partition coefficient (Wildman–Crippen LogP) is 2.59. The summed E-state index contributed by atoms with van der Waals surface area (Å²) in [5, 5.41) is 14.3. The van der Waals surface area contributed by atoms with Gasteiger partial charge in [-0.1, -0.05) is 0 Å². The molecule has 1 heterocycles. The fourth-order valence-corrected chi connectivity index (χ4v) is 2.42. The molecule has 0 spiro atoms. The molecule has 0 bridgehead atoms. The van der Waals surface area contributed by atoms with Gasteiger partial charge in [0.05, 0.1) is 30.8 Å². The van der Waals surface area contributed by atoms with Crippen molar-refractivity contribution in [1.82, 2.24) is 0 Å². The van der Waals surface area contributed by atoms with Gasteiger partial charge in [0.15, 0.2) is 11.5 Å². The Hall–Kier alpha value is -2.02. The van der Waals surface area contributed by atoms with Crippen LogP contribution >= 0.6 is 0 Å². The second kappa shape index (κ2) is 6.17. The van der Waals surface area contributed by atoms with Crippen LogP contribution in [0.1, 0.15) is 19.8 Å². The highest BCUT2D eigenvalue weighted by Gasteiger charge is 2.30. The lowest BCUT2D eigenvalue weighted by molar-refractivity contribution is -0.384. The van der Waals surface area contributed by atoms with E-state index in [0.29, 0.717) is 23.7 Å². The number of benzene rings is 1. The van der Waals surface area contributed by atoms with Gasteiger partial charge in [0, 0.05) is 19.2 Å². The lowest BCUT2D eigenvalue weighted by Gasteiger charge is -2.24. The van der Waals surface area contributed by atoms with Crippen molar-refractivity contribution in [2.45, 2.75) is 25.4 Å². The van der Waals surface area contributed by atoms with Crippen molar-refractivity contribution in [3.63, 3.8) is 0 Å². The van der Waals surface area contributed by atoms with Crippen molar-refractivity contribution in [2.75, 3.05) is 32.7 Å². The van der Waals surface area contributed by atoms with Crippen molar-refractivity contribution < 1.29 is 19.1 Å². The maximum atomic E-state index is 11.2. The first-order valence-electron chi connectivity index (χ1n) is 6.77. The number of rotatable bonds is 6. The fourth-order valence-electron chi connectivity index (χ4n) is 2.42. The van der Waals surface area contributed by atoms with Gasteiger partial charge in [-0.2, -0.15) is 0 Å². The van der Waals surface area contributed by atoms with Crippen LogP contribution in [0.15, 0.2) is 12.1 Å². The quantitative estimate of drug-likeness (QED) is 0.641. The third-order valence-electron chi connectivity index (χ3n) is 3.65. The van der Waals surface area contributed by atoms with E-state index < -0.39 is 4.92 Å². The van der Waals surface area contributed by atoms with Crippen LogP contribution in [-0.4, -0.2) is 37.9 Å². The zero-order valence-electron chi connectivity index (χ0n) is 12.5. The van der Waals surface area contributed by atoms with Gasteiger partial charge in [0.2, 0.25) is 0 Å². The normalized spacial score (nSPS) is 21.1. The van der Waals surface area contributed by atoms with Crippen molar-refractivity contribution >= 4 is 11.4 Å². The maximum Gasteiger partial charge on any atom is 0.296 e. The highest BCUT2D eigenvalue weighted by molar-refractivity contribution is 5.68. The Balaban J connectivity index is 2.25. The van der Waals surface area contributed by atoms with Crippen LogP contribution in [-0.2, 0) is 4.74 Å². The predicted molar refractivity (Wildman–Crippen MR) is 78.3 cm³/mol. The Morgan fingerprint density at radius 1 is 1.38 bits per heavy atom. The molecular weight excluding hydrogens is 276 g/mol. The maximum absolute atomic E-state index is 11.2. The van der Waals surface area contributed by atoms with Crippen molar-refractivity contribution in [3.05, 3.63) is 22.2 Å². The van der Waals surface area contributed by atoms with Gasteiger partial charge in [-0.15, -0.1) is 0 Å². The number of nitro groups is 1. The first-order valence-corrected chi connectivity index (χ1v) is 6.77. The van der Waals surface area contributed by atoms with E-state index in [1.54, 1.807) is 6.07 Å². The summed E-state index contributed by atoms with van der Waals surface area (Å²) in [6.45, 7) is 3.23. The molecule has 0 aliphatic carbocycles. The molecule has 7 nitrogen and oxygen atoms in total. The molecule has 0 saturated carbocycles. The van der Waals surface area contributed by atoms with Crippen LogP contribution < -0.4 is 14.8 Å². The van der Waals surface area contributed by atoms with Crippen LogP contribution in [0.4, 0.5) is 11.4 Å². The lowest BCUT2D eigenvalue weighted by atomic mass is 10.0. The summed E-state index contributed by atoms with van der Waals surface area (Å²) in [4.78, 5) is 10.8. The number of nitrogens with zero attached hydrogens (tertiary/aromatic N) is 1. The largest absolute Gasteiger partial charge is 0.493 e. The van der Waals surface area contributed by atoms with Crippen LogP contribution in [0.5, 0.6) is 11.5 Å². The molecule has 1 fully saturated rings. The number of ether oxygens (including phenoxy) is 3. The summed E-state index contributed by atoms with van der Waals surface area (Å²) in [6, 6.07) is 2.94. The average molecular weight is 296 g/mol. The lowest BCUT2D eigenvalue weighted by Crippen LogP contribution is -2.32. The number of methoxy groups -OCH3 is 2. The molecule has 1 aromatic rings.